The number of aromatic nitrogens is 3. The average Bonchev–Trinajstić information content (AvgIpc) is 3.31. The summed E-state index contributed by atoms with van der Waals surface area (Å²) in [6, 6.07) is 0.279. The summed E-state index contributed by atoms with van der Waals surface area (Å²) in [6.45, 7) is 0. The lowest BCUT2D eigenvalue weighted by Crippen LogP contribution is -2.43. The van der Waals surface area contributed by atoms with Crippen LogP contribution in [0.1, 0.15) is 44.0 Å². The van der Waals surface area contributed by atoms with Crippen molar-refractivity contribution in [2.45, 2.75) is 49.7 Å². The summed E-state index contributed by atoms with van der Waals surface area (Å²) >= 11 is 1.19. The van der Waals surface area contributed by atoms with Gasteiger partial charge in [-0.1, -0.05) is 11.8 Å². The molecule has 1 aromatic rings. The van der Waals surface area contributed by atoms with E-state index in [9.17, 15) is 22.8 Å². The van der Waals surface area contributed by atoms with Crippen LogP contribution in [0.2, 0.25) is 0 Å². The molecule has 0 unspecified atom stereocenters. The summed E-state index contributed by atoms with van der Waals surface area (Å²) in [4.78, 5) is 34.9. The van der Waals surface area contributed by atoms with Gasteiger partial charge in [0.2, 0.25) is 17.7 Å². The topological polar surface area (TPSA) is 166 Å². The zero-order chi connectivity index (χ0) is 21.0. The van der Waals surface area contributed by atoms with Crippen LogP contribution in [0.15, 0.2) is 5.16 Å². The highest BCUT2D eigenvalue weighted by Gasteiger charge is 2.30. The van der Waals surface area contributed by atoms with Gasteiger partial charge in [-0.25, -0.2) is 8.42 Å². The van der Waals surface area contributed by atoms with Crippen molar-refractivity contribution in [1.29, 1.82) is 0 Å². The van der Waals surface area contributed by atoms with Gasteiger partial charge in [-0.3, -0.25) is 25.2 Å². The Morgan fingerprint density at radius 3 is 2.48 bits per heavy atom. The summed E-state index contributed by atoms with van der Waals surface area (Å²) in [5.41, 5.74) is 9.84. The summed E-state index contributed by atoms with van der Waals surface area (Å²) in [5, 5.41) is 8.80. The zero-order valence-electron chi connectivity index (χ0n) is 15.8. The Hall–Kier alpha value is -2.15. The number of primary amides is 1. The van der Waals surface area contributed by atoms with E-state index in [2.05, 4.69) is 21.0 Å². The van der Waals surface area contributed by atoms with Crippen molar-refractivity contribution in [2.24, 2.45) is 11.7 Å². The van der Waals surface area contributed by atoms with Crippen molar-refractivity contribution in [3.63, 3.8) is 0 Å². The highest BCUT2D eigenvalue weighted by atomic mass is 32.2. The van der Waals surface area contributed by atoms with Gasteiger partial charge in [0.15, 0.2) is 15.0 Å². The number of nitrogens with two attached hydrogens (primary N) is 1. The summed E-state index contributed by atoms with van der Waals surface area (Å²) in [7, 11) is -3.04. The Balaban J connectivity index is 1.43. The first-order valence-electron chi connectivity index (χ1n) is 9.36. The third-order valence-corrected chi connectivity index (χ3v) is 7.50. The Kier molecular flexibility index (Phi) is 6.77. The minimum Gasteiger partial charge on any atom is -0.370 e. The monoisotopic (exact) mass is 444 g/mol. The Morgan fingerprint density at radius 2 is 1.86 bits per heavy atom. The van der Waals surface area contributed by atoms with Gasteiger partial charge < -0.3 is 10.3 Å². The molecule has 1 aromatic heterocycles. The largest absolute Gasteiger partial charge is 0.370 e. The Morgan fingerprint density at radius 1 is 1.14 bits per heavy atom. The molecule has 1 saturated heterocycles. The lowest BCUT2D eigenvalue weighted by Gasteiger charge is -2.10. The third kappa shape index (κ3) is 6.42. The third-order valence-electron chi connectivity index (χ3n) is 4.72. The predicted octanol–water partition coefficient (Wildman–Crippen LogP) is -0.905. The molecule has 29 heavy (non-hydrogen) atoms. The minimum absolute atomic E-state index is 0.0130. The van der Waals surface area contributed by atoms with Gasteiger partial charge in [0.05, 0.1) is 17.3 Å². The Labute approximate surface area is 172 Å². The number of carbonyl (C=O) groups excluding carboxylic acids is 3. The van der Waals surface area contributed by atoms with Crippen LogP contribution in [0.5, 0.6) is 0 Å². The molecule has 0 spiro atoms. The molecular weight excluding hydrogens is 420 g/mol. The van der Waals surface area contributed by atoms with Crippen LogP contribution in [-0.4, -0.2) is 58.2 Å². The molecule has 13 heteroatoms. The molecule has 1 atom stereocenters. The standard InChI is InChI=1S/C16H24N6O5S2/c17-12(23)3-4-13-18-21-16(22(13)11-1-2-11)28-8-15(25)20-19-14(24)7-10-5-6-29(26,27)9-10/h10-11H,1-9H2,(H2,17,23)(H,19,24)(H,20,25)/t10-/m1/s1. The molecule has 1 saturated carbocycles. The molecule has 1 aliphatic heterocycles. The van der Waals surface area contributed by atoms with Gasteiger partial charge in [0.25, 0.3) is 0 Å². The van der Waals surface area contributed by atoms with E-state index in [1.54, 1.807) is 0 Å². The van der Waals surface area contributed by atoms with Crippen molar-refractivity contribution in [3.05, 3.63) is 5.82 Å². The van der Waals surface area contributed by atoms with Crippen LogP contribution in [0.3, 0.4) is 0 Å². The van der Waals surface area contributed by atoms with E-state index in [1.807, 2.05) is 4.57 Å². The van der Waals surface area contributed by atoms with Crippen molar-refractivity contribution in [1.82, 2.24) is 25.6 Å². The maximum Gasteiger partial charge on any atom is 0.248 e. The number of rotatable bonds is 9. The molecule has 2 fully saturated rings. The molecular formula is C16H24N6O5S2. The van der Waals surface area contributed by atoms with Gasteiger partial charge in [-0.2, -0.15) is 0 Å². The zero-order valence-corrected chi connectivity index (χ0v) is 17.4. The van der Waals surface area contributed by atoms with Crippen LogP contribution in [-0.2, 0) is 30.6 Å². The number of sulfone groups is 1. The molecule has 160 valence electrons. The van der Waals surface area contributed by atoms with E-state index in [4.69, 9.17) is 5.73 Å². The second-order valence-electron chi connectivity index (χ2n) is 7.32. The van der Waals surface area contributed by atoms with E-state index in [0.717, 1.165) is 12.8 Å². The number of amides is 3. The number of hydrogen-bond acceptors (Lipinski definition) is 8. The lowest BCUT2D eigenvalue weighted by atomic mass is 10.1. The first-order chi connectivity index (χ1) is 13.7. The van der Waals surface area contributed by atoms with Crippen molar-refractivity contribution >= 4 is 39.3 Å². The smallest absolute Gasteiger partial charge is 0.248 e. The summed E-state index contributed by atoms with van der Waals surface area (Å²) < 4.78 is 24.8. The molecule has 11 nitrogen and oxygen atoms in total. The van der Waals surface area contributed by atoms with Crippen molar-refractivity contribution in [3.8, 4) is 0 Å². The number of hydrazine groups is 1. The number of nitrogens with one attached hydrogen (secondary N) is 2. The molecule has 2 aliphatic rings. The van der Waals surface area contributed by atoms with Crippen LogP contribution >= 0.6 is 11.8 Å². The van der Waals surface area contributed by atoms with E-state index in [-0.39, 0.29) is 42.1 Å². The number of thioether (sulfide) groups is 1. The molecule has 1 aliphatic carbocycles. The number of hydrogen-bond donors (Lipinski definition) is 3. The molecule has 4 N–H and O–H groups in total. The van der Waals surface area contributed by atoms with Gasteiger partial charge in [0, 0.05) is 25.3 Å². The first-order valence-corrected chi connectivity index (χ1v) is 12.2. The molecule has 0 bridgehead atoms. The number of nitrogens with zero attached hydrogens (tertiary/aromatic N) is 3. The number of aryl methyl sites for hydroxylation is 1. The van der Waals surface area contributed by atoms with Gasteiger partial charge in [-0.05, 0) is 25.2 Å². The van der Waals surface area contributed by atoms with E-state index >= 15 is 0 Å². The Bertz CT molecular complexity index is 896. The minimum atomic E-state index is -3.04. The highest BCUT2D eigenvalue weighted by Crippen LogP contribution is 2.38. The van der Waals surface area contributed by atoms with E-state index in [0.29, 0.717) is 23.8 Å². The molecule has 0 aromatic carbocycles. The van der Waals surface area contributed by atoms with Crippen LogP contribution in [0, 0.1) is 5.92 Å². The van der Waals surface area contributed by atoms with E-state index < -0.39 is 27.6 Å². The van der Waals surface area contributed by atoms with Crippen molar-refractivity contribution < 1.29 is 22.8 Å². The number of carbonyl (C=O) groups is 3. The first kappa shape index (κ1) is 21.6. The van der Waals surface area contributed by atoms with Crippen LogP contribution < -0.4 is 16.6 Å². The van der Waals surface area contributed by atoms with Crippen LogP contribution in [0.25, 0.3) is 0 Å². The van der Waals surface area contributed by atoms with Gasteiger partial charge in [0.1, 0.15) is 5.82 Å². The molecule has 3 amide bonds. The fourth-order valence-electron chi connectivity index (χ4n) is 3.16. The normalized spacial score (nSPS) is 20.3. The predicted molar refractivity (Wildman–Crippen MR) is 104 cm³/mol. The van der Waals surface area contributed by atoms with Gasteiger partial charge in [-0.15, -0.1) is 10.2 Å². The summed E-state index contributed by atoms with van der Waals surface area (Å²) in [6.07, 6.45) is 3.10. The summed E-state index contributed by atoms with van der Waals surface area (Å²) in [5.74, 6) is -0.618. The quantitative estimate of drug-likeness (QED) is 0.325. The average molecular weight is 445 g/mol. The maximum absolute atomic E-state index is 12.0. The van der Waals surface area contributed by atoms with Gasteiger partial charge >= 0.3 is 0 Å². The highest BCUT2D eigenvalue weighted by molar-refractivity contribution is 7.99. The maximum atomic E-state index is 12.0. The molecule has 2 heterocycles. The fourth-order valence-corrected chi connectivity index (χ4v) is 5.85. The second-order valence-corrected chi connectivity index (χ2v) is 10.5. The van der Waals surface area contributed by atoms with Crippen molar-refractivity contribution in [2.75, 3.05) is 17.3 Å². The molecule has 3 rings (SSSR count). The lowest BCUT2D eigenvalue weighted by molar-refractivity contribution is -0.128. The fraction of sp³-hybridized carbons (Fsp3) is 0.688. The SMILES string of the molecule is NC(=O)CCc1nnc(SCC(=O)NNC(=O)C[C@H]2CCS(=O)(=O)C2)n1C1CC1. The molecule has 0 radical (unpaired) electrons. The van der Waals surface area contributed by atoms with E-state index in [1.165, 1.54) is 11.8 Å². The second kappa shape index (κ2) is 9.11. The van der Waals surface area contributed by atoms with Crippen LogP contribution in [0.4, 0.5) is 0 Å².